The monoisotopic (exact) mass is 273 g/mol. The Balaban J connectivity index is 1.90. The van der Waals surface area contributed by atoms with E-state index in [1.807, 2.05) is 31.3 Å². The summed E-state index contributed by atoms with van der Waals surface area (Å²) in [7, 11) is 1.91. The smallest absolute Gasteiger partial charge is 0.319 e. The average molecular weight is 273 g/mol. The highest BCUT2D eigenvalue weighted by atomic mass is 16.2. The fraction of sp³-hybridized carbons (Fsp3) is 0.286. The highest BCUT2D eigenvalue weighted by molar-refractivity contribution is 5.89. The van der Waals surface area contributed by atoms with Crippen LogP contribution in [0.15, 0.2) is 36.7 Å². The van der Waals surface area contributed by atoms with Crippen LogP contribution in [-0.2, 0) is 6.54 Å². The van der Waals surface area contributed by atoms with E-state index < -0.39 is 0 Å². The molecule has 1 unspecified atom stereocenters. The molecule has 2 rings (SSSR count). The maximum Gasteiger partial charge on any atom is 0.319 e. The zero-order valence-corrected chi connectivity index (χ0v) is 11.6. The van der Waals surface area contributed by atoms with Crippen LogP contribution in [0.1, 0.15) is 24.1 Å². The fourth-order valence-electron chi connectivity index (χ4n) is 1.78. The Hall–Kier alpha value is -2.34. The third-order valence-electron chi connectivity index (χ3n) is 3.09. The van der Waals surface area contributed by atoms with Gasteiger partial charge in [0, 0.05) is 30.0 Å². The van der Waals surface area contributed by atoms with Crippen molar-refractivity contribution in [1.82, 2.24) is 20.8 Å². The van der Waals surface area contributed by atoms with Crippen LogP contribution in [0.25, 0.3) is 0 Å². The molecule has 6 nitrogen and oxygen atoms in total. The zero-order chi connectivity index (χ0) is 14.4. The molecule has 2 amide bonds. The number of amides is 2. The van der Waals surface area contributed by atoms with Crippen molar-refractivity contribution in [3.8, 4) is 0 Å². The van der Waals surface area contributed by atoms with Crippen molar-refractivity contribution in [1.29, 1.82) is 0 Å². The van der Waals surface area contributed by atoms with Crippen molar-refractivity contribution in [2.45, 2.75) is 19.5 Å². The minimum atomic E-state index is -0.236. The topological polar surface area (TPSA) is 81.8 Å². The van der Waals surface area contributed by atoms with Crippen LogP contribution < -0.4 is 16.0 Å². The fourth-order valence-corrected chi connectivity index (χ4v) is 1.78. The van der Waals surface area contributed by atoms with Crippen molar-refractivity contribution >= 4 is 11.7 Å². The van der Waals surface area contributed by atoms with Gasteiger partial charge in [0.15, 0.2) is 0 Å². The van der Waals surface area contributed by atoms with E-state index in [9.17, 15) is 4.79 Å². The molecule has 0 radical (unpaired) electrons. The van der Waals surface area contributed by atoms with Crippen LogP contribution in [0.3, 0.4) is 0 Å². The van der Waals surface area contributed by atoms with Crippen LogP contribution in [0.5, 0.6) is 0 Å². The van der Waals surface area contributed by atoms with E-state index >= 15 is 0 Å². The van der Waals surface area contributed by atoms with Gasteiger partial charge in [-0.3, -0.25) is 5.10 Å². The maximum atomic E-state index is 11.8. The van der Waals surface area contributed by atoms with Gasteiger partial charge in [0.05, 0.1) is 6.20 Å². The number of carbonyl (C=O) groups is 1. The second kappa shape index (κ2) is 6.72. The third-order valence-corrected chi connectivity index (χ3v) is 3.09. The van der Waals surface area contributed by atoms with E-state index in [4.69, 9.17) is 0 Å². The largest absolute Gasteiger partial charge is 0.334 e. The summed E-state index contributed by atoms with van der Waals surface area (Å²) in [6.45, 7) is 2.51. The molecular formula is C14H19N5O. The van der Waals surface area contributed by atoms with E-state index in [2.05, 4.69) is 33.1 Å². The average Bonchev–Trinajstić information content (AvgIpc) is 2.98. The van der Waals surface area contributed by atoms with Crippen molar-refractivity contribution in [3.63, 3.8) is 0 Å². The van der Waals surface area contributed by atoms with Crippen LogP contribution >= 0.6 is 0 Å². The van der Waals surface area contributed by atoms with Crippen LogP contribution in [0, 0.1) is 0 Å². The predicted molar refractivity (Wildman–Crippen MR) is 78.4 cm³/mol. The van der Waals surface area contributed by atoms with Gasteiger partial charge >= 0.3 is 6.03 Å². The summed E-state index contributed by atoms with van der Waals surface area (Å²) in [5.74, 6) is 0. The normalized spacial score (nSPS) is 11.9. The molecule has 1 atom stereocenters. The molecule has 1 aromatic carbocycles. The number of hydrogen-bond donors (Lipinski definition) is 4. The molecule has 0 aliphatic rings. The predicted octanol–water partition coefficient (Wildman–Crippen LogP) is 2.01. The first-order chi connectivity index (χ1) is 9.69. The summed E-state index contributed by atoms with van der Waals surface area (Å²) >= 11 is 0. The number of benzene rings is 1. The Labute approximate surface area is 118 Å². The minimum absolute atomic E-state index is 0.236. The van der Waals surface area contributed by atoms with Crippen molar-refractivity contribution in [2.24, 2.45) is 0 Å². The van der Waals surface area contributed by atoms with E-state index in [0.29, 0.717) is 6.54 Å². The van der Waals surface area contributed by atoms with Crippen LogP contribution in [-0.4, -0.2) is 23.3 Å². The Kier molecular flexibility index (Phi) is 4.73. The van der Waals surface area contributed by atoms with Crippen molar-refractivity contribution in [3.05, 3.63) is 47.8 Å². The third kappa shape index (κ3) is 3.83. The van der Waals surface area contributed by atoms with Gasteiger partial charge in [0.1, 0.15) is 0 Å². The summed E-state index contributed by atoms with van der Waals surface area (Å²) in [5.41, 5.74) is 2.83. The molecule has 20 heavy (non-hydrogen) atoms. The summed E-state index contributed by atoms with van der Waals surface area (Å²) < 4.78 is 0. The van der Waals surface area contributed by atoms with Crippen LogP contribution in [0.2, 0.25) is 0 Å². The number of nitrogens with one attached hydrogen (secondary N) is 4. The van der Waals surface area contributed by atoms with Crippen molar-refractivity contribution < 1.29 is 4.79 Å². The highest BCUT2D eigenvalue weighted by Gasteiger charge is 2.05. The number of aromatic amines is 1. The molecular weight excluding hydrogens is 254 g/mol. The first kappa shape index (κ1) is 14.1. The number of nitrogens with zero attached hydrogens (tertiary/aromatic N) is 1. The van der Waals surface area contributed by atoms with Gasteiger partial charge in [-0.15, -0.1) is 0 Å². The van der Waals surface area contributed by atoms with Gasteiger partial charge < -0.3 is 16.0 Å². The molecule has 0 saturated heterocycles. The van der Waals surface area contributed by atoms with Crippen molar-refractivity contribution in [2.75, 3.05) is 12.4 Å². The van der Waals surface area contributed by atoms with E-state index in [-0.39, 0.29) is 12.1 Å². The lowest BCUT2D eigenvalue weighted by Crippen LogP contribution is -2.28. The van der Waals surface area contributed by atoms with Crippen LogP contribution in [0.4, 0.5) is 10.5 Å². The van der Waals surface area contributed by atoms with Gasteiger partial charge in [0.2, 0.25) is 0 Å². The van der Waals surface area contributed by atoms with Gasteiger partial charge in [-0.25, -0.2) is 4.79 Å². The standard InChI is InChI=1S/C14H19N5O/c1-10(15-2)12-4-3-5-13(6-12)19-14(20)16-7-11-8-17-18-9-11/h3-6,8-10,15H,7H2,1-2H3,(H,17,18)(H2,16,19,20). The molecule has 0 fully saturated rings. The molecule has 0 saturated carbocycles. The van der Waals surface area contributed by atoms with Gasteiger partial charge in [-0.2, -0.15) is 5.10 Å². The Morgan fingerprint density at radius 1 is 1.45 bits per heavy atom. The molecule has 6 heteroatoms. The molecule has 0 aliphatic heterocycles. The van der Waals surface area contributed by atoms with E-state index in [1.54, 1.807) is 12.4 Å². The highest BCUT2D eigenvalue weighted by Crippen LogP contribution is 2.16. The lowest BCUT2D eigenvalue weighted by Gasteiger charge is -2.13. The number of carbonyl (C=O) groups excluding carboxylic acids is 1. The summed E-state index contributed by atoms with van der Waals surface area (Å²) in [4.78, 5) is 11.8. The summed E-state index contributed by atoms with van der Waals surface area (Å²) in [6.07, 6.45) is 3.42. The maximum absolute atomic E-state index is 11.8. The second-order valence-electron chi connectivity index (χ2n) is 4.55. The molecule has 0 spiro atoms. The Morgan fingerprint density at radius 3 is 3.00 bits per heavy atom. The summed E-state index contributed by atoms with van der Waals surface area (Å²) in [5, 5.41) is 15.3. The Bertz CT molecular complexity index is 552. The van der Waals surface area contributed by atoms with E-state index in [1.165, 1.54) is 0 Å². The van der Waals surface area contributed by atoms with Gasteiger partial charge in [-0.1, -0.05) is 12.1 Å². The molecule has 1 aromatic heterocycles. The second-order valence-corrected chi connectivity index (χ2v) is 4.55. The zero-order valence-electron chi connectivity index (χ0n) is 11.6. The first-order valence-corrected chi connectivity index (χ1v) is 6.49. The number of aromatic nitrogens is 2. The molecule has 106 valence electrons. The first-order valence-electron chi connectivity index (χ1n) is 6.49. The molecule has 1 heterocycles. The molecule has 2 aromatic rings. The lowest BCUT2D eigenvalue weighted by atomic mass is 10.1. The number of hydrogen-bond acceptors (Lipinski definition) is 3. The van der Waals surface area contributed by atoms with Gasteiger partial charge in [0.25, 0.3) is 0 Å². The van der Waals surface area contributed by atoms with Gasteiger partial charge in [-0.05, 0) is 31.7 Å². The molecule has 4 N–H and O–H groups in total. The number of H-pyrrole nitrogens is 1. The number of rotatable bonds is 5. The molecule has 0 aliphatic carbocycles. The Morgan fingerprint density at radius 2 is 2.30 bits per heavy atom. The lowest BCUT2D eigenvalue weighted by molar-refractivity contribution is 0.251. The molecule has 0 bridgehead atoms. The minimum Gasteiger partial charge on any atom is -0.334 e. The summed E-state index contributed by atoms with van der Waals surface area (Å²) in [6, 6.07) is 7.78. The quantitative estimate of drug-likeness (QED) is 0.672. The van der Waals surface area contributed by atoms with E-state index in [0.717, 1.165) is 16.8 Å². The SMILES string of the molecule is CNC(C)c1cccc(NC(=O)NCc2cn[nH]c2)c1. The number of anilines is 1. The number of urea groups is 1.